The third kappa shape index (κ3) is 4.13. The second-order valence-electron chi connectivity index (χ2n) is 7.39. The average molecular weight is 420 g/mol. The van der Waals surface area contributed by atoms with Crippen molar-refractivity contribution in [2.45, 2.75) is 18.9 Å². The van der Waals surface area contributed by atoms with Crippen LogP contribution in [0.4, 0.5) is 17.2 Å². The van der Waals surface area contributed by atoms with Gasteiger partial charge in [0, 0.05) is 59.4 Å². The Morgan fingerprint density at radius 3 is 2.68 bits per heavy atom. The number of hydrogen-bond donors (Lipinski definition) is 2. The molecular formula is C20H23Cl2N5O. The maximum Gasteiger partial charge on any atom is 0.241 e. The number of rotatable bonds is 4. The minimum Gasteiger partial charge on any atom is -0.384 e. The van der Waals surface area contributed by atoms with Gasteiger partial charge in [-0.3, -0.25) is 4.79 Å². The molecule has 8 heteroatoms. The zero-order valence-corrected chi connectivity index (χ0v) is 17.0. The Morgan fingerprint density at radius 1 is 1.18 bits per heavy atom. The minimum atomic E-state index is 0.0793. The van der Waals surface area contributed by atoms with Gasteiger partial charge in [0.2, 0.25) is 5.91 Å². The molecule has 3 N–H and O–H groups in total. The molecule has 0 aliphatic carbocycles. The van der Waals surface area contributed by atoms with Crippen molar-refractivity contribution in [2.24, 2.45) is 5.92 Å². The maximum atomic E-state index is 12.8. The summed E-state index contributed by atoms with van der Waals surface area (Å²) in [6, 6.07) is 9.41. The van der Waals surface area contributed by atoms with E-state index in [1.165, 1.54) is 0 Å². The standard InChI is InChI=1S/C20H23Cl2N5O/c21-14-7-15(22)9-16(8-14)25-11-20(28)26-5-2-13-3-6-27(18(13)12-26)17-1-4-24-19(23)10-17/h1,4,7-10,13,18,25H,2-3,5-6,11-12H2,(H2,23,24). The van der Waals surface area contributed by atoms with Crippen molar-refractivity contribution >= 4 is 46.3 Å². The third-order valence-electron chi connectivity index (χ3n) is 5.62. The SMILES string of the molecule is Nc1cc(N2CCC3CCN(C(=O)CNc4cc(Cl)cc(Cl)c4)CC32)ccn1. The number of fused-ring (bicyclic) bond motifs is 1. The molecule has 1 amide bonds. The predicted molar refractivity (Wildman–Crippen MR) is 114 cm³/mol. The van der Waals surface area contributed by atoms with Gasteiger partial charge < -0.3 is 20.9 Å². The van der Waals surface area contributed by atoms with Crippen LogP contribution in [0.5, 0.6) is 0 Å². The fourth-order valence-electron chi connectivity index (χ4n) is 4.25. The lowest BCUT2D eigenvalue weighted by atomic mass is 9.92. The molecule has 2 saturated heterocycles. The van der Waals surface area contributed by atoms with Gasteiger partial charge in [-0.25, -0.2) is 4.98 Å². The molecule has 0 radical (unpaired) electrons. The van der Waals surface area contributed by atoms with Gasteiger partial charge >= 0.3 is 0 Å². The summed E-state index contributed by atoms with van der Waals surface area (Å²) in [6.07, 6.45) is 3.91. The van der Waals surface area contributed by atoms with E-state index in [1.54, 1.807) is 24.4 Å². The van der Waals surface area contributed by atoms with Gasteiger partial charge in [-0.15, -0.1) is 0 Å². The number of aromatic nitrogens is 1. The Kier molecular flexibility index (Phi) is 5.51. The number of pyridine rings is 1. The molecule has 0 spiro atoms. The lowest BCUT2D eigenvalue weighted by Gasteiger charge is -2.39. The number of anilines is 3. The zero-order chi connectivity index (χ0) is 19.7. The van der Waals surface area contributed by atoms with Gasteiger partial charge in [0.05, 0.1) is 6.54 Å². The van der Waals surface area contributed by atoms with Crippen molar-refractivity contribution in [2.75, 3.05) is 42.1 Å². The fourth-order valence-corrected chi connectivity index (χ4v) is 4.77. The molecule has 0 bridgehead atoms. The highest BCUT2D eigenvalue weighted by atomic mass is 35.5. The van der Waals surface area contributed by atoms with Gasteiger partial charge in [-0.2, -0.15) is 0 Å². The second kappa shape index (κ2) is 8.05. The summed E-state index contributed by atoms with van der Waals surface area (Å²) in [5.41, 5.74) is 7.69. The number of amides is 1. The number of nitrogens with zero attached hydrogens (tertiary/aromatic N) is 3. The number of nitrogens with two attached hydrogens (primary N) is 1. The van der Waals surface area contributed by atoms with Crippen LogP contribution in [0.2, 0.25) is 10.0 Å². The van der Waals surface area contributed by atoms with Crippen molar-refractivity contribution in [3.8, 4) is 0 Å². The quantitative estimate of drug-likeness (QED) is 0.792. The van der Waals surface area contributed by atoms with Crippen LogP contribution in [-0.2, 0) is 4.79 Å². The summed E-state index contributed by atoms with van der Waals surface area (Å²) in [4.78, 5) is 21.2. The Bertz CT molecular complexity index is 857. The van der Waals surface area contributed by atoms with E-state index in [0.717, 1.165) is 43.9 Å². The molecule has 2 aliphatic rings. The van der Waals surface area contributed by atoms with Crippen molar-refractivity contribution in [1.82, 2.24) is 9.88 Å². The number of halogens is 2. The van der Waals surface area contributed by atoms with Crippen LogP contribution in [0.1, 0.15) is 12.8 Å². The molecule has 2 aliphatic heterocycles. The van der Waals surface area contributed by atoms with Crippen LogP contribution in [0, 0.1) is 5.92 Å². The molecule has 3 heterocycles. The molecule has 2 aromatic rings. The molecular weight excluding hydrogens is 397 g/mol. The molecule has 2 fully saturated rings. The minimum absolute atomic E-state index is 0.0793. The van der Waals surface area contributed by atoms with Crippen molar-refractivity contribution < 1.29 is 4.79 Å². The van der Waals surface area contributed by atoms with E-state index >= 15 is 0 Å². The molecule has 6 nitrogen and oxygen atoms in total. The molecule has 1 aromatic heterocycles. The van der Waals surface area contributed by atoms with Crippen molar-refractivity contribution in [3.05, 3.63) is 46.6 Å². The Hall–Kier alpha value is -2.18. The topological polar surface area (TPSA) is 74.5 Å². The molecule has 148 valence electrons. The highest BCUT2D eigenvalue weighted by molar-refractivity contribution is 6.35. The molecule has 28 heavy (non-hydrogen) atoms. The van der Waals surface area contributed by atoms with Gasteiger partial charge in [-0.1, -0.05) is 23.2 Å². The van der Waals surface area contributed by atoms with Crippen LogP contribution in [0.25, 0.3) is 0 Å². The van der Waals surface area contributed by atoms with Crippen LogP contribution < -0.4 is 16.0 Å². The number of nitrogen functional groups attached to an aromatic ring is 1. The zero-order valence-electron chi connectivity index (χ0n) is 15.4. The first-order valence-corrected chi connectivity index (χ1v) is 10.2. The van der Waals surface area contributed by atoms with E-state index in [9.17, 15) is 4.79 Å². The smallest absolute Gasteiger partial charge is 0.241 e. The van der Waals surface area contributed by atoms with E-state index < -0.39 is 0 Å². The average Bonchev–Trinajstić information content (AvgIpc) is 3.08. The third-order valence-corrected chi connectivity index (χ3v) is 6.05. The van der Waals surface area contributed by atoms with Crippen LogP contribution in [0.15, 0.2) is 36.5 Å². The first-order valence-electron chi connectivity index (χ1n) is 9.45. The van der Waals surface area contributed by atoms with E-state index in [-0.39, 0.29) is 12.5 Å². The van der Waals surface area contributed by atoms with E-state index in [0.29, 0.717) is 27.8 Å². The van der Waals surface area contributed by atoms with Gasteiger partial charge in [0.1, 0.15) is 5.82 Å². The van der Waals surface area contributed by atoms with E-state index in [2.05, 4.69) is 15.2 Å². The van der Waals surface area contributed by atoms with E-state index in [1.807, 2.05) is 17.0 Å². The van der Waals surface area contributed by atoms with Crippen LogP contribution in [-0.4, -0.2) is 48.0 Å². The number of piperidine rings is 1. The number of likely N-dealkylation sites (tertiary alicyclic amines) is 1. The highest BCUT2D eigenvalue weighted by Gasteiger charge is 2.39. The van der Waals surface area contributed by atoms with Crippen LogP contribution in [0.3, 0.4) is 0 Å². The van der Waals surface area contributed by atoms with Crippen molar-refractivity contribution in [3.63, 3.8) is 0 Å². The van der Waals surface area contributed by atoms with Crippen molar-refractivity contribution in [1.29, 1.82) is 0 Å². The Balaban J connectivity index is 1.40. The summed E-state index contributed by atoms with van der Waals surface area (Å²) < 4.78 is 0. The molecule has 2 atom stereocenters. The second-order valence-corrected chi connectivity index (χ2v) is 8.26. The predicted octanol–water partition coefficient (Wildman–Crippen LogP) is 3.51. The number of benzene rings is 1. The summed E-state index contributed by atoms with van der Waals surface area (Å²) in [5, 5.41) is 4.22. The highest BCUT2D eigenvalue weighted by Crippen LogP contribution is 2.35. The number of carbonyl (C=O) groups is 1. The Morgan fingerprint density at radius 2 is 1.93 bits per heavy atom. The molecule has 4 rings (SSSR count). The van der Waals surface area contributed by atoms with Gasteiger partial charge in [0.25, 0.3) is 0 Å². The normalized spacial score (nSPS) is 21.5. The summed E-state index contributed by atoms with van der Waals surface area (Å²) in [6.45, 7) is 2.73. The Labute approximate surface area is 174 Å². The number of nitrogens with one attached hydrogen (secondary N) is 1. The molecule has 1 aromatic carbocycles. The maximum absolute atomic E-state index is 12.8. The lowest BCUT2D eigenvalue weighted by molar-refractivity contribution is -0.130. The largest absolute Gasteiger partial charge is 0.384 e. The van der Waals surface area contributed by atoms with Gasteiger partial charge in [0.15, 0.2) is 0 Å². The monoisotopic (exact) mass is 419 g/mol. The van der Waals surface area contributed by atoms with E-state index in [4.69, 9.17) is 28.9 Å². The number of carbonyl (C=O) groups excluding carboxylic acids is 1. The first-order chi connectivity index (χ1) is 13.5. The van der Waals surface area contributed by atoms with Crippen LogP contribution >= 0.6 is 23.2 Å². The fraction of sp³-hybridized carbons (Fsp3) is 0.400. The molecule has 2 unspecified atom stereocenters. The van der Waals surface area contributed by atoms with Gasteiger partial charge in [-0.05, 0) is 43.0 Å². The molecule has 0 saturated carbocycles. The lowest BCUT2D eigenvalue weighted by Crippen LogP contribution is -2.51. The number of hydrogen-bond acceptors (Lipinski definition) is 5. The summed E-state index contributed by atoms with van der Waals surface area (Å²) >= 11 is 12.0. The summed E-state index contributed by atoms with van der Waals surface area (Å²) in [7, 11) is 0. The first kappa shape index (κ1) is 19.2. The summed E-state index contributed by atoms with van der Waals surface area (Å²) in [5.74, 6) is 1.21.